The first-order valence-electron chi connectivity index (χ1n) is 29.1. The lowest BCUT2D eigenvalue weighted by Gasteiger charge is -2.21. The number of unbranched alkanes of at least 4 members (excludes halogenated alkanes) is 20. The summed E-state index contributed by atoms with van der Waals surface area (Å²) in [6.45, 7) is 4.35. The number of rotatable bonds is 53. The van der Waals surface area contributed by atoms with Gasteiger partial charge in [0.25, 0.3) is 0 Å². The van der Waals surface area contributed by atoms with E-state index in [1.807, 2.05) is 0 Å². The lowest BCUT2D eigenvalue weighted by molar-refractivity contribution is -0.161. The van der Waals surface area contributed by atoms with E-state index in [9.17, 15) is 28.9 Å². The van der Waals surface area contributed by atoms with E-state index in [1.165, 1.54) is 32.1 Å². The average molecular weight is 1060 g/mol. The summed E-state index contributed by atoms with van der Waals surface area (Å²) >= 11 is 0. The van der Waals surface area contributed by atoms with Gasteiger partial charge in [0.2, 0.25) is 0 Å². The van der Waals surface area contributed by atoms with Gasteiger partial charge in [0.1, 0.15) is 12.7 Å². The molecule has 0 aliphatic rings. The first-order chi connectivity index (χ1) is 36.2. The highest BCUT2D eigenvalue weighted by atomic mass is 31.2. The SMILES string of the molecule is CC/C=C\C/C=C\C/C=C\CCCCCCCCCC(=O)OCC(COP(=O)(O)OCC(CO)OC(=O)CCCCCCC/C=C\C/C=C\CCCCC)OC(=O)CCCCCCC/C=C\C/C=C\C/C=C\CC. The minimum absolute atomic E-state index is 0.141. The van der Waals surface area contributed by atoms with E-state index in [0.29, 0.717) is 19.3 Å². The molecule has 0 heterocycles. The zero-order valence-electron chi connectivity index (χ0n) is 46.8. The second-order valence-electron chi connectivity index (χ2n) is 19.0. The van der Waals surface area contributed by atoms with Gasteiger partial charge < -0.3 is 24.2 Å². The maximum absolute atomic E-state index is 12.9. The Morgan fingerprint density at radius 3 is 1.08 bits per heavy atom. The molecule has 3 atom stereocenters. The van der Waals surface area contributed by atoms with Crippen LogP contribution in [0.15, 0.2) is 97.2 Å². The molecule has 12 heteroatoms. The third kappa shape index (κ3) is 53.2. The molecule has 3 unspecified atom stereocenters. The fourth-order valence-corrected chi connectivity index (χ4v) is 8.37. The van der Waals surface area contributed by atoms with Gasteiger partial charge in [-0.05, 0) is 116 Å². The quantitative estimate of drug-likeness (QED) is 0.0197. The number of allylic oxidation sites excluding steroid dienone is 16. The van der Waals surface area contributed by atoms with Crippen molar-refractivity contribution in [1.29, 1.82) is 0 Å². The van der Waals surface area contributed by atoms with Crippen molar-refractivity contribution in [2.24, 2.45) is 0 Å². The summed E-state index contributed by atoms with van der Waals surface area (Å²) < 4.78 is 39.5. The van der Waals surface area contributed by atoms with Crippen LogP contribution in [0.5, 0.6) is 0 Å². The van der Waals surface area contributed by atoms with Gasteiger partial charge in [0.05, 0.1) is 19.8 Å². The fourth-order valence-electron chi connectivity index (χ4n) is 7.59. The van der Waals surface area contributed by atoms with Crippen molar-refractivity contribution >= 4 is 25.7 Å². The maximum atomic E-state index is 12.9. The van der Waals surface area contributed by atoms with Crippen LogP contribution in [-0.2, 0) is 42.2 Å². The van der Waals surface area contributed by atoms with E-state index >= 15 is 0 Å². The Labute approximate surface area is 451 Å². The number of phosphoric ester groups is 1. The van der Waals surface area contributed by atoms with E-state index in [2.05, 4.69) is 118 Å². The molecule has 0 saturated heterocycles. The molecule has 0 aliphatic heterocycles. The molecule has 0 spiro atoms. The molecule has 0 aromatic heterocycles. The topological polar surface area (TPSA) is 155 Å². The predicted octanol–water partition coefficient (Wildman–Crippen LogP) is 17.3. The average Bonchev–Trinajstić information content (AvgIpc) is 3.39. The van der Waals surface area contributed by atoms with Crippen molar-refractivity contribution < 1.29 is 52.2 Å². The summed E-state index contributed by atoms with van der Waals surface area (Å²) in [4.78, 5) is 48.6. The number of hydrogen-bond acceptors (Lipinski definition) is 10. The molecule has 0 saturated carbocycles. The molecule has 0 amide bonds. The molecule has 2 N–H and O–H groups in total. The van der Waals surface area contributed by atoms with Crippen LogP contribution in [0, 0.1) is 0 Å². The third-order valence-electron chi connectivity index (χ3n) is 12.0. The van der Waals surface area contributed by atoms with Crippen molar-refractivity contribution in [2.75, 3.05) is 26.4 Å². The number of hydrogen-bond donors (Lipinski definition) is 2. The van der Waals surface area contributed by atoms with Crippen LogP contribution in [0.3, 0.4) is 0 Å². The number of carbonyl (C=O) groups is 3. The molecule has 11 nitrogen and oxygen atoms in total. The van der Waals surface area contributed by atoms with E-state index in [4.69, 9.17) is 23.3 Å². The number of ether oxygens (including phenoxy) is 3. The predicted molar refractivity (Wildman–Crippen MR) is 307 cm³/mol. The Morgan fingerprint density at radius 2 is 0.703 bits per heavy atom. The number of aliphatic hydroxyl groups excluding tert-OH is 1. The van der Waals surface area contributed by atoms with Gasteiger partial charge in [-0.1, -0.05) is 201 Å². The second-order valence-corrected chi connectivity index (χ2v) is 20.5. The van der Waals surface area contributed by atoms with Gasteiger partial charge in [0.15, 0.2) is 6.10 Å². The van der Waals surface area contributed by atoms with Gasteiger partial charge in [-0.15, -0.1) is 0 Å². The van der Waals surface area contributed by atoms with Gasteiger partial charge in [0, 0.05) is 19.3 Å². The van der Waals surface area contributed by atoms with Crippen LogP contribution in [0.25, 0.3) is 0 Å². The van der Waals surface area contributed by atoms with Gasteiger partial charge in [-0.25, -0.2) is 4.57 Å². The monoisotopic (exact) mass is 1060 g/mol. The zero-order valence-corrected chi connectivity index (χ0v) is 47.7. The lowest BCUT2D eigenvalue weighted by Crippen LogP contribution is -2.30. The summed E-state index contributed by atoms with van der Waals surface area (Å²) in [5.41, 5.74) is 0. The molecule has 0 aromatic rings. The Bertz CT molecular complexity index is 1610. The summed E-state index contributed by atoms with van der Waals surface area (Å²) in [5, 5.41) is 9.82. The van der Waals surface area contributed by atoms with Crippen LogP contribution in [0.1, 0.15) is 239 Å². The molecule has 0 aromatic carbocycles. The first kappa shape index (κ1) is 70.4. The number of phosphoric acid groups is 1. The smallest absolute Gasteiger partial charge is 0.462 e. The molecule has 424 valence electrons. The lowest BCUT2D eigenvalue weighted by atomic mass is 10.1. The largest absolute Gasteiger partial charge is 0.472 e. The standard InChI is InChI=1S/C62H105O11P/c1-4-7-10-13-16-19-22-25-28-29-32-33-36-39-42-45-48-51-60(64)69-55-59(73-62(66)53-50-47-44-41-38-35-31-27-24-21-18-15-12-9-6-3)57-71-74(67,68)70-56-58(54-63)72-61(65)52-49-46-43-40-37-34-30-26-23-20-17-14-11-8-5-2/h7,9-10,12,16-21,25-28,30-31,58-59,63H,4-6,8,11,13-15,22-24,29,32-57H2,1-3H3,(H,67,68)/b10-7-,12-9-,19-16-,20-17-,21-18-,28-25-,30-26-,31-27-. The van der Waals surface area contributed by atoms with Crippen LogP contribution in [0.4, 0.5) is 0 Å². The highest BCUT2D eigenvalue weighted by Crippen LogP contribution is 2.43. The molecule has 0 fully saturated rings. The summed E-state index contributed by atoms with van der Waals surface area (Å²) in [5.74, 6) is -1.51. The van der Waals surface area contributed by atoms with Crippen LogP contribution in [0.2, 0.25) is 0 Å². The van der Waals surface area contributed by atoms with Crippen molar-refractivity contribution in [3.63, 3.8) is 0 Å². The summed E-state index contributed by atoms with van der Waals surface area (Å²) in [7, 11) is -4.76. The second kappa shape index (κ2) is 55.6. The number of esters is 3. The van der Waals surface area contributed by atoms with Crippen molar-refractivity contribution in [3.05, 3.63) is 97.2 Å². The molecule has 0 radical (unpaired) electrons. The third-order valence-corrected chi connectivity index (χ3v) is 12.9. The highest BCUT2D eigenvalue weighted by molar-refractivity contribution is 7.47. The van der Waals surface area contributed by atoms with Gasteiger partial charge >= 0.3 is 25.7 Å². The molecule has 0 aliphatic carbocycles. The van der Waals surface area contributed by atoms with Crippen LogP contribution >= 0.6 is 7.82 Å². The van der Waals surface area contributed by atoms with E-state index in [-0.39, 0.29) is 25.9 Å². The first-order valence-corrected chi connectivity index (χ1v) is 30.6. The number of aliphatic hydroxyl groups is 1. The van der Waals surface area contributed by atoms with Crippen molar-refractivity contribution in [3.8, 4) is 0 Å². The number of carbonyl (C=O) groups excluding carboxylic acids is 3. The Kier molecular flexibility index (Phi) is 52.9. The summed E-state index contributed by atoms with van der Waals surface area (Å²) in [6, 6.07) is 0. The van der Waals surface area contributed by atoms with Crippen molar-refractivity contribution in [1.82, 2.24) is 0 Å². The highest BCUT2D eigenvalue weighted by Gasteiger charge is 2.28. The maximum Gasteiger partial charge on any atom is 0.472 e. The van der Waals surface area contributed by atoms with Crippen LogP contribution < -0.4 is 0 Å². The molecule has 0 bridgehead atoms. The van der Waals surface area contributed by atoms with Crippen LogP contribution in [-0.4, -0.2) is 66.5 Å². The van der Waals surface area contributed by atoms with Gasteiger partial charge in [-0.2, -0.15) is 0 Å². The van der Waals surface area contributed by atoms with E-state index < -0.39 is 57.8 Å². The van der Waals surface area contributed by atoms with Gasteiger partial charge in [-0.3, -0.25) is 23.4 Å². The minimum Gasteiger partial charge on any atom is -0.462 e. The molecular weight excluding hydrogens is 952 g/mol. The van der Waals surface area contributed by atoms with Crippen molar-refractivity contribution in [2.45, 2.75) is 251 Å². The Morgan fingerprint density at radius 1 is 0.392 bits per heavy atom. The Hall–Kier alpha value is -3.60. The molecule has 0 rings (SSSR count). The summed E-state index contributed by atoms with van der Waals surface area (Å²) in [6.07, 6.45) is 65.0. The van der Waals surface area contributed by atoms with E-state index in [0.717, 1.165) is 148 Å². The fraction of sp³-hybridized carbons (Fsp3) is 0.694. The zero-order chi connectivity index (χ0) is 54.1. The van der Waals surface area contributed by atoms with E-state index in [1.54, 1.807) is 0 Å². The minimum atomic E-state index is -4.76. The molecule has 74 heavy (non-hydrogen) atoms. The normalized spacial score (nSPS) is 14.1. The Balaban J connectivity index is 4.77. The molecular formula is C62H105O11P.